The fraction of sp³-hybridized carbons (Fsp3) is 0.923. The summed E-state index contributed by atoms with van der Waals surface area (Å²) < 4.78 is 0. The number of hydrogen-bond acceptors (Lipinski definition) is 3. The number of rotatable bonds is 7. The normalized spacial score (nSPS) is 7.06. The minimum Gasteiger partial charge on any atom is -0.400 e. The molecule has 0 heterocycles. The third-order valence-corrected chi connectivity index (χ3v) is 1.85. The summed E-state index contributed by atoms with van der Waals surface area (Å²) in [5.74, 6) is 0. The van der Waals surface area contributed by atoms with E-state index in [1.54, 1.807) is 0 Å². The SMILES string of the molecule is CO.CO.CO.[CH2-]CCCCCCCCC.[Zr]. The van der Waals surface area contributed by atoms with Gasteiger partial charge in [0.05, 0.1) is 0 Å². The molecular formula is C13H33O3Zr-. The molecule has 0 bridgehead atoms. The Bertz CT molecular complexity index is 56.6. The van der Waals surface area contributed by atoms with Crippen LogP contribution in [0.1, 0.15) is 58.3 Å². The van der Waals surface area contributed by atoms with Crippen molar-refractivity contribution in [3.63, 3.8) is 0 Å². The summed E-state index contributed by atoms with van der Waals surface area (Å²) in [5.41, 5.74) is 0. The van der Waals surface area contributed by atoms with Gasteiger partial charge in [0.15, 0.2) is 0 Å². The summed E-state index contributed by atoms with van der Waals surface area (Å²) in [6.07, 6.45) is 10.9. The maximum atomic E-state index is 7.00. The number of aliphatic hydroxyl groups excluding tert-OH is 3. The second-order valence-electron chi connectivity index (χ2n) is 2.97. The Kier molecular flexibility index (Phi) is 97.8. The van der Waals surface area contributed by atoms with E-state index >= 15 is 0 Å². The Morgan fingerprint density at radius 2 is 0.941 bits per heavy atom. The minimum absolute atomic E-state index is 0. The van der Waals surface area contributed by atoms with Gasteiger partial charge in [0.2, 0.25) is 0 Å². The van der Waals surface area contributed by atoms with Gasteiger partial charge in [-0.3, -0.25) is 0 Å². The molecule has 108 valence electrons. The van der Waals surface area contributed by atoms with E-state index < -0.39 is 0 Å². The van der Waals surface area contributed by atoms with Gasteiger partial charge in [-0.15, -0.1) is 0 Å². The van der Waals surface area contributed by atoms with Crippen molar-refractivity contribution < 1.29 is 41.5 Å². The van der Waals surface area contributed by atoms with Gasteiger partial charge in [0, 0.05) is 47.5 Å². The molecular weight excluding hydrogens is 295 g/mol. The molecule has 17 heavy (non-hydrogen) atoms. The van der Waals surface area contributed by atoms with Crippen LogP contribution in [0.4, 0.5) is 0 Å². The molecule has 0 aromatic carbocycles. The molecule has 3 N–H and O–H groups in total. The summed E-state index contributed by atoms with van der Waals surface area (Å²) in [7, 11) is 3.00. The summed E-state index contributed by atoms with van der Waals surface area (Å²) in [6, 6.07) is 0. The molecule has 0 atom stereocenters. The van der Waals surface area contributed by atoms with Gasteiger partial charge >= 0.3 is 0 Å². The molecule has 0 aromatic heterocycles. The third kappa shape index (κ3) is 60.6. The van der Waals surface area contributed by atoms with Crippen LogP contribution in [0.15, 0.2) is 0 Å². The molecule has 0 rings (SSSR count). The molecule has 4 heteroatoms. The van der Waals surface area contributed by atoms with Crippen LogP contribution in [0.2, 0.25) is 0 Å². The molecule has 0 aromatic rings. The van der Waals surface area contributed by atoms with Crippen molar-refractivity contribution in [2.45, 2.75) is 58.3 Å². The second-order valence-corrected chi connectivity index (χ2v) is 2.97. The van der Waals surface area contributed by atoms with Gasteiger partial charge < -0.3 is 22.2 Å². The summed E-state index contributed by atoms with van der Waals surface area (Å²) in [5, 5.41) is 21.0. The quantitative estimate of drug-likeness (QED) is 0.497. The number of aliphatic hydroxyl groups is 3. The smallest absolute Gasteiger partial charge is 0.0319 e. The second kappa shape index (κ2) is 54.2. The van der Waals surface area contributed by atoms with Gasteiger partial charge in [-0.1, -0.05) is 51.9 Å². The minimum atomic E-state index is 0. The average Bonchev–Trinajstić information content (AvgIpc) is 2.41. The molecule has 0 radical (unpaired) electrons. The molecule has 0 fully saturated rings. The maximum absolute atomic E-state index is 7.00. The molecule has 0 spiro atoms. The Labute approximate surface area is 128 Å². The Morgan fingerprint density at radius 3 is 1.24 bits per heavy atom. The molecule has 0 aliphatic carbocycles. The first-order valence-electron chi connectivity index (χ1n) is 6.05. The van der Waals surface area contributed by atoms with E-state index in [0.717, 1.165) is 27.8 Å². The Morgan fingerprint density at radius 1 is 0.647 bits per heavy atom. The number of hydrogen-bond donors (Lipinski definition) is 3. The topological polar surface area (TPSA) is 60.7 Å². The zero-order chi connectivity index (χ0) is 13.7. The van der Waals surface area contributed by atoms with Crippen molar-refractivity contribution in [2.24, 2.45) is 0 Å². The third-order valence-electron chi connectivity index (χ3n) is 1.85. The molecule has 0 saturated heterocycles. The monoisotopic (exact) mass is 327 g/mol. The van der Waals surface area contributed by atoms with Crippen LogP contribution in [0, 0.1) is 6.92 Å². The first-order valence-corrected chi connectivity index (χ1v) is 6.05. The zero-order valence-corrected chi connectivity index (χ0v) is 14.7. The van der Waals surface area contributed by atoms with Crippen LogP contribution in [-0.2, 0) is 26.2 Å². The zero-order valence-electron chi connectivity index (χ0n) is 12.2. The van der Waals surface area contributed by atoms with Crippen LogP contribution in [0.3, 0.4) is 0 Å². The van der Waals surface area contributed by atoms with E-state index in [4.69, 9.17) is 15.3 Å². The van der Waals surface area contributed by atoms with E-state index in [2.05, 4.69) is 13.8 Å². The summed E-state index contributed by atoms with van der Waals surface area (Å²) in [4.78, 5) is 0. The molecule has 0 aliphatic rings. The number of unbranched alkanes of at least 4 members (excludes halogenated alkanes) is 7. The molecule has 0 aliphatic heterocycles. The van der Waals surface area contributed by atoms with E-state index in [1.807, 2.05) is 0 Å². The summed E-state index contributed by atoms with van der Waals surface area (Å²) in [6.45, 7) is 6.08. The van der Waals surface area contributed by atoms with Crippen LogP contribution in [0.25, 0.3) is 0 Å². The van der Waals surface area contributed by atoms with Crippen molar-refractivity contribution in [3.8, 4) is 0 Å². The van der Waals surface area contributed by atoms with Crippen LogP contribution >= 0.6 is 0 Å². The largest absolute Gasteiger partial charge is 0.400 e. The van der Waals surface area contributed by atoms with Gasteiger partial charge in [0.1, 0.15) is 0 Å². The van der Waals surface area contributed by atoms with Crippen molar-refractivity contribution in [2.75, 3.05) is 21.3 Å². The first-order chi connectivity index (χ1) is 7.91. The van der Waals surface area contributed by atoms with Crippen LogP contribution in [0.5, 0.6) is 0 Å². The molecule has 0 saturated carbocycles. The molecule has 3 nitrogen and oxygen atoms in total. The van der Waals surface area contributed by atoms with Crippen molar-refractivity contribution in [3.05, 3.63) is 6.92 Å². The standard InChI is InChI=1S/C10H21.3CH4O.Zr/c1-3-5-7-9-10-8-6-4-2;3*1-2;/h1,3-10H2,2H3;3*2H,1H3;/q-1;;;;. The first kappa shape index (κ1) is 30.6. The molecule has 0 unspecified atom stereocenters. The van der Waals surface area contributed by atoms with Gasteiger partial charge in [-0.2, -0.15) is 6.42 Å². The van der Waals surface area contributed by atoms with Crippen LogP contribution < -0.4 is 0 Å². The fourth-order valence-corrected chi connectivity index (χ4v) is 1.13. The average molecular weight is 329 g/mol. The van der Waals surface area contributed by atoms with Crippen LogP contribution in [-0.4, -0.2) is 36.6 Å². The van der Waals surface area contributed by atoms with Crippen molar-refractivity contribution in [1.29, 1.82) is 0 Å². The predicted octanol–water partition coefficient (Wildman–Crippen LogP) is 2.78. The summed E-state index contributed by atoms with van der Waals surface area (Å²) >= 11 is 0. The predicted molar refractivity (Wildman–Crippen MR) is 72.4 cm³/mol. The molecule has 0 amide bonds. The van der Waals surface area contributed by atoms with E-state index in [1.165, 1.54) is 44.9 Å². The van der Waals surface area contributed by atoms with Gasteiger partial charge in [-0.25, -0.2) is 0 Å². The van der Waals surface area contributed by atoms with E-state index in [0.29, 0.717) is 0 Å². The van der Waals surface area contributed by atoms with Gasteiger partial charge in [0.25, 0.3) is 0 Å². The van der Waals surface area contributed by atoms with E-state index in [-0.39, 0.29) is 26.2 Å². The van der Waals surface area contributed by atoms with Gasteiger partial charge in [-0.05, 0) is 0 Å². The Hall–Kier alpha value is 0.763. The van der Waals surface area contributed by atoms with E-state index in [9.17, 15) is 0 Å². The maximum Gasteiger partial charge on any atom is 0.0319 e. The fourth-order valence-electron chi connectivity index (χ4n) is 1.13. The van der Waals surface area contributed by atoms with Crippen molar-refractivity contribution >= 4 is 0 Å². The Balaban J connectivity index is -0.0000000594. The van der Waals surface area contributed by atoms with Crippen molar-refractivity contribution in [1.82, 2.24) is 0 Å².